The van der Waals surface area contributed by atoms with Gasteiger partial charge in [0.25, 0.3) is 0 Å². The smallest absolute Gasteiger partial charge is 0.0450 e. The van der Waals surface area contributed by atoms with Crippen LogP contribution in [0.25, 0.3) is 0 Å². The van der Waals surface area contributed by atoms with Gasteiger partial charge in [-0.25, -0.2) is 0 Å². The van der Waals surface area contributed by atoms with Crippen LogP contribution in [0.2, 0.25) is 0 Å². The number of hydrogen-bond acceptors (Lipinski definition) is 2. The van der Waals surface area contributed by atoms with Crippen molar-refractivity contribution in [3.63, 3.8) is 0 Å². The summed E-state index contributed by atoms with van der Waals surface area (Å²) in [7, 11) is 0. The molecule has 1 aliphatic carbocycles. The second-order valence-electron chi connectivity index (χ2n) is 6.67. The van der Waals surface area contributed by atoms with Gasteiger partial charge in [0.2, 0.25) is 0 Å². The van der Waals surface area contributed by atoms with Crippen LogP contribution in [0.3, 0.4) is 0 Å². The zero-order valence-electron chi connectivity index (χ0n) is 12.7. The lowest BCUT2D eigenvalue weighted by Crippen LogP contribution is -2.53. The summed E-state index contributed by atoms with van der Waals surface area (Å²) in [5.74, 6) is 0.933. The van der Waals surface area contributed by atoms with E-state index in [1.165, 1.54) is 50.6 Å². The predicted octanol–water partition coefficient (Wildman–Crippen LogP) is 3.73. The number of piperidine rings is 1. The highest BCUT2D eigenvalue weighted by molar-refractivity contribution is 5.20. The van der Waals surface area contributed by atoms with Crippen molar-refractivity contribution in [2.45, 2.75) is 63.6 Å². The summed E-state index contributed by atoms with van der Waals surface area (Å²) in [5, 5.41) is 0. The molecule has 4 atom stereocenters. The Hall–Kier alpha value is -0.860. The number of fused-ring (bicyclic) bond motifs is 1. The minimum absolute atomic E-state index is 0.136. The van der Waals surface area contributed by atoms with Crippen molar-refractivity contribution >= 4 is 0 Å². The van der Waals surface area contributed by atoms with E-state index in [1.807, 2.05) is 0 Å². The number of rotatable bonds is 3. The molecule has 1 aliphatic heterocycles. The van der Waals surface area contributed by atoms with Gasteiger partial charge in [-0.3, -0.25) is 4.90 Å². The summed E-state index contributed by atoms with van der Waals surface area (Å²) in [6.07, 6.45) is 8.46. The van der Waals surface area contributed by atoms with Gasteiger partial charge < -0.3 is 5.73 Å². The van der Waals surface area contributed by atoms with Crippen LogP contribution in [-0.4, -0.2) is 23.5 Å². The Morgan fingerprint density at radius 1 is 1.05 bits per heavy atom. The largest absolute Gasteiger partial charge is 0.323 e. The van der Waals surface area contributed by atoms with Crippen molar-refractivity contribution in [1.82, 2.24) is 4.90 Å². The van der Waals surface area contributed by atoms with Gasteiger partial charge in [0.15, 0.2) is 0 Å². The molecule has 2 aliphatic rings. The van der Waals surface area contributed by atoms with Crippen molar-refractivity contribution in [1.29, 1.82) is 0 Å². The van der Waals surface area contributed by atoms with Crippen LogP contribution in [0.4, 0.5) is 0 Å². The standard InChI is InChI=1S/C18H28N2/c1-14(18(19)16-9-3-2-4-10-16)20-13-7-11-15-8-5-6-12-17(15)20/h2-4,9-10,14-15,17-18H,5-8,11-13,19H2,1H3/t14?,15-,17-,18?/m1/s1. The maximum absolute atomic E-state index is 6.55. The summed E-state index contributed by atoms with van der Waals surface area (Å²) in [4.78, 5) is 2.73. The molecule has 0 radical (unpaired) electrons. The Balaban J connectivity index is 1.73. The van der Waals surface area contributed by atoms with Crippen LogP contribution in [0.1, 0.15) is 57.1 Å². The maximum atomic E-state index is 6.55. The average Bonchev–Trinajstić information content (AvgIpc) is 2.54. The van der Waals surface area contributed by atoms with Crippen LogP contribution in [0, 0.1) is 5.92 Å². The number of likely N-dealkylation sites (tertiary alicyclic amines) is 1. The van der Waals surface area contributed by atoms with Crippen LogP contribution < -0.4 is 5.73 Å². The number of benzene rings is 1. The van der Waals surface area contributed by atoms with Gasteiger partial charge in [0.05, 0.1) is 0 Å². The summed E-state index contributed by atoms with van der Waals surface area (Å²) < 4.78 is 0. The molecule has 20 heavy (non-hydrogen) atoms. The fourth-order valence-corrected chi connectivity index (χ4v) is 4.33. The van der Waals surface area contributed by atoms with E-state index in [0.29, 0.717) is 6.04 Å². The van der Waals surface area contributed by atoms with Crippen LogP contribution >= 0.6 is 0 Å². The van der Waals surface area contributed by atoms with E-state index >= 15 is 0 Å². The third kappa shape index (κ3) is 2.77. The van der Waals surface area contributed by atoms with Crippen LogP contribution in [0.5, 0.6) is 0 Å². The van der Waals surface area contributed by atoms with Gasteiger partial charge in [-0.15, -0.1) is 0 Å². The highest BCUT2D eigenvalue weighted by Gasteiger charge is 2.36. The number of nitrogens with two attached hydrogens (primary N) is 1. The minimum atomic E-state index is 0.136. The predicted molar refractivity (Wildman–Crippen MR) is 84.5 cm³/mol. The molecule has 0 spiro atoms. The fourth-order valence-electron chi connectivity index (χ4n) is 4.33. The van der Waals surface area contributed by atoms with Gasteiger partial charge in [-0.2, -0.15) is 0 Å². The highest BCUT2D eigenvalue weighted by Crippen LogP contribution is 2.37. The molecule has 0 bridgehead atoms. The molecule has 1 saturated carbocycles. The monoisotopic (exact) mass is 272 g/mol. The molecule has 1 saturated heterocycles. The molecule has 1 aromatic rings. The molecule has 110 valence electrons. The van der Waals surface area contributed by atoms with E-state index in [-0.39, 0.29) is 6.04 Å². The summed E-state index contributed by atoms with van der Waals surface area (Å²) in [5.41, 5.74) is 7.83. The van der Waals surface area contributed by atoms with Crippen LogP contribution in [-0.2, 0) is 0 Å². The molecular formula is C18H28N2. The molecule has 2 fully saturated rings. The number of nitrogens with zero attached hydrogens (tertiary/aromatic N) is 1. The van der Waals surface area contributed by atoms with Gasteiger partial charge >= 0.3 is 0 Å². The molecule has 2 heteroatoms. The molecule has 2 nitrogen and oxygen atoms in total. The highest BCUT2D eigenvalue weighted by atomic mass is 15.2. The van der Waals surface area contributed by atoms with Gasteiger partial charge in [-0.1, -0.05) is 43.2 Å². The molecule has 0 amide bonds. The normalized spacial score (nSPS) is 30.5. The van der Waals surface area contributed by atoms with Crippen molar-refractivity contribution in [2.24, 2.45) is 11.7 Å². The van der Waals surface area contributed by atoms with Gasteiger partial charge in [-0.05, 0) is 50.6 Å². The lowest BCUT2D eigenvalue weighted by Gasteiger charge is -2.48. The first-order valence-corrected chi connectivity index (χ1v) is 8.33. The Kier molecular flexibility index (Phi) is 4.42. The second kappa shape index (κ2) is 6.28. The van der Waals surface area contributed by atoms with E-state index in [4.69, 9.17) is 5.73 Å². The molecule has 2 N–H and O–H groups in total. The van der Waals surface area contributed by atoms with Gasteiger partial charge in [0.1, 0.15) is 0 Å². The first kappa shape index (κ1) is 14.1. The van der Waals surface area contributed by atoms with E-state index in [9.17, 15) is 0 Å². The minimum Gasteiger partial charge on any atom is -0.323 e. The maximum Gasteiger partial charge on any atom is 0.0450 e. The molecule has 1 heterocycles. The third-order valence-electron chi connectivity index (χ3n) is 5.51. The lowest BCUT2D eigenvalue weighted by molar-refractivity contribution is 0.0229. The Bertz CT molecular complexity index is 415. The van der Waals surface area contributed by atoms with Crippen molar-refractivity contribution in [3.8, 4) is 0 Å². The van der Waals surface area contributed by atoms with Crippen molar-refractivity contribution < 1.29 is 0 Å². The van der Waals surface area contributed by atoms with Crippen LogP contribution in [0.15, 0.2) is 30.3 Å². The van der Waals surface area contributed by atoms with Gasteiger partial charge in [0, 0.05) is 18.1 Å². The first-order valence-electron chi connectivity index (χ1n) is 8.33. The topological polar surface area (TPSA) is 29.3 Å². The summed E-state index contributed by atoms with van der Waals surface area (Å²) in [6.45, 7) is 3.57. The summed E-state index contributed by atoms with van der Waals surface area (Å²) in [6, 6.07) is 12.0. The summed E-state index contributed by atoms with van der Waals surface area (Å²) >= 11 is 0. The molecule has 3 rings (SSSR count). The molecular weight excluding hydrogens is 244 g/mol. The SMILES string of the molecule is CC(C(N)c1ccccc1)N1CCC[C@H]2CCCC[C@H]21. The van der Waals surface area contributed by atoms with E-state index in [1.54, 1.807) is 0 Å². The van der Waals surface area contributed by atoms with E-state index in [0.717, 1.165) is 12.0 Å². The zero-order valence-corrected chi connectivity index (χ0v) is 12.7. The first-order chi connectivity index (χ1) is 9.77. The Morgan fingerprint density at radius 3 is 2.55 bits per heavy atom. The molecule has 1 aromatic carbocycles. The van der Waals surface area contributed by atoms with Crippen molar-refractivity contribution in [2.75, 3.05) is 6.54 Å². The zero-order chi connectivity index (χ0) is 13.9. The average molecular weight is 272 g/mol. The second-order valence-corrected chi connectivity index (χ2v) is 6.67. The molecule has 2 unspecified atom stereocenters. The number of hydrogen-bond donors (Lipinski definition) is 1. The lowest BCUT2D eigenvalue weighted by atomic mass is 9.77. The Labute approximate surface area is 123 Å². The quantitative estimate of drug-likeness (QED) is 0.908. The fraction of sp³-hybridized carbons (Fsp3) is 0.667. The van der Waals surface area contributed by atoms with Crippen molar-refractivity contribution in [3.05, 3.63) is 35.9 Å². The van der Waals surface area contributed by atoms with E-state index in [2.05, 4.69) is 42.2 Å². The third-order valence-corrected chi connectivity index (χ3v) is 5.51. The van der Waals surface area contributed by atoms with E-state index < -0.39 is 0 Å². The molecule has 0 aromatic heterocycles. The Morgan fingerprint density at radius 2 is 1.75 bits per heavy atom.